The van der Waals surface area contributed by atoms with E-state index < -0.39 is 0 Å². The molecule has 4 heteroatoms. The van der Waals surface area contributed by atoms with Crippen LogP contribution in [-0.2, 0) is 0 Å². The molecule has 0 aromatic heterocycles. The second-order valence-electron chi connectivity index (χ2n) is 5.21. The molecule has 2 N–H and O–H groups in total. The highest BCUT2D eigenvalue weighted by Gasteiger charge is 2.18. The van der Waals surface area contributed by atoms with E-state index in [1.807, 2.05) is 12.1 Å². The highest BCUT2D eigenvalue weighted by Crippen LogP contribution is 2.16. The molecule has 3 nitrogen and oxygen atoms in total. The molecule has 0 radical (unpaired) electrons. The zero-order chi connectivity index (χ0) is 12.8. The van der Waals surface area contributed by atoms with Crippen molar-refractivity contribution < 1.29 is 4.74 Å². The SMILES string of the molecule is Cc1cccc(OCCN2CCCC(CN)C2)c1.Cl. The minimum atomic E-state index is 0. The first-order valence-electron chi connectivity index (χ1n) is 6.90. The second-order valence-corrected chi connectivity index (χ2v) is 5.21. The van der Waals surface area contributed by atoms with Crippen LogP contribution in [0, 0.1) is 12.8 Å². The molecule has 1 fully saturated rings. The van der Waals surface area contributed by atoms with Crippen LogP contribution in [-0.4, -0.2) is 37.7 Å². The van der Waals surface area contributed by atoms with E-state index in [0.29, 0.717) is 5.92 Å². The summed E-state index contributed by atoms with van der Waals surface area (Å²) < 4.78 is 5.79. The van der Waals surface area contributed by atoms with E-state index in [4.69, 9.17) is 10.5 Å². The Labute approximate surface area is 122 Å². The maximum Gasteiger partial charge on any atom is 0.119 e. The van der Waals surface area contributed by atoms with Crippen LogP contribution in [0.25, 0.3) is 0 Å². The summed E-state index contributed by atoms with van der Waals surface area (Å²) in [6, 6.07) is 8.23. The molecule has 2 rings (SSSR count). The number of likely N-dealkylation sites (tertiary alicyclic amines) is 1. The predicted octanol–water partition coefficient (Wildman–Crippen LogP) is 2.47. The standard InChI is InChI=1S/C15H24N2O.ClH/c1-13-4-2-6-15(10-13)18-9-8-17-7-3-5-14(11-16)12-17;/h2,4,6,10,14H,3,5,7-9,11-12,16H2,1H3;1H. The number of halogens is 1. The Hall–Kier alpha value is -0.770. The average molecular weight is 285 g/mol. The molecule has 0 spiro atoms. The monoisotopic (exact) mass is 284 g/mol. The summed E-state index contributed by atoms with van der Waals surface area (Å²) in [7, 11) is 0. The molecule has 1 heterocycles. The maximum absolute atomic E-state index is 5.79. The van der Waals surface area contributed by atoms with Gasteiger partial charge < -0.3 is 10.5 Å². The zero-order valence-corrected chi connectivity index (χ0v) is 12.5. The van der Waals surface area contributed by atoms with Gasteiger partial charge in [0, 0.05) is 13.1 Å². The molecule has 19 heavy (non-hydrogen) atoms. The molecule has 1 unspecified atom stereocenters. The van der Waals surface area contributed by atoms with Gasteiger partial charge in [-0.05, 0) is 56.5 Å². The van der Waals surface area contributed by atoms with Gasteiger partial charge in [0.1, 0.15) is 12.4 Å². The van der Waals surface area contributed by atoms with E-state index in [2.05, 4.69) is 24.0 Å². The number of aryl methyl sites for hydroxylation is 1. The van der Waals surface area contributed by atoms with Gasteiger partial charge in [-0.3, -0.25) is 4.90 Å². The van der Waals surface area contributed by atoms with Gasteiger partial charge >= 0.3 is 0 Å². The molecule has 0 amide bonds. The lowest BCUT2D eigenvalue weighted by Crippen LogP contribution is -2.40. The number of benzene rings is 1. The third kappa shape index (κ3) is 5.39. The second kappa shape index (κ2) is 8.41. The molecule has 1 aromatic rings. The first-order valence-corrected chi connectivity index (χ1v) is 6.90. The van der Waals surface area contributed by atoms with Crippen LogP contribution in [0.3, 0.4) is 0 Å². The summed E-state index contributed by atoms with van der Waals surface area (Å²) in [6.45, 7) is 6.99. The van der Waals surface area contributed by atoms with Crippen LogP contribution in [0.15, 0.2) is 24.3 Å². The predicted molar refractivity (Wildman–Crippen MR) is 82.1 cm³/mol. The van der Waals surface area contributed by atoms with Gasteiger partial charge in [-0.1, -0.05) is 12.1 Å². The molecule has 0 saturated carbocycles. The van der Waals surface area contributed by atoms with Crippen LogP contribution in [0.1, 0.15) is 18.4 Å². The average Bonchev–Trinajstić information content (AvgIpc) is 2.39. The Morgan fingerprint density at radius 2 is 2.26 bits per heavy atom. The van der Waals surface area contributed by atoms with E-state index in [9.17, 15) is 0 Å². The number of nitrogens with two attached hydrogens (primary N) is 1. The maximum atomic E-state index is 5.79. The van der Waals surface area contributed by atoms with Crippen LogP contribution in [0.2, 0.25) is 0 Å². The summed E-state index contributed by atoms with van der Waals surface area (Å²) in [4.78, 5) is 2.47. The topological polar surface area (TPSA) is 38.5 Å². The Bertz CT molecular complexity index is 373. The molecular weight excluding hydrogens is 260 g/mol. The first kappa shape index (κ1) is 16.3. The highest BCUT2D eigenvalue weighted by molar-refractivity contribution is 5.85. The van der Waals surface area contributed by atoms with E-state index in [0.717, 1.165) is 32.0 Å². The van der Waals surface area contributed by atoms with Crippen molar-refractivity contribution in [1.82, 2.24) is 4.90 Å². The van der Waals surface area contributed by atoms with Gasteiger partial charge in [0.15, 0.2) is 0 Å². The number of rotatable bonds is 5. The molecule has 0 bridgehead atoms. The van der Waals surface area contributed by atoms with Gasteiger partial charge in [-0.2, -0.15) is 0 Å². The molecular formula is C15H25ClN2O. The van der Waals surface area contributed by atoms with E-state index >= 15 is 0 Å². The molecule has 1 aliphatic heterocycles. The number of hydrogen-bond acceptors (Lipinski definition) is 3. The first-order chi connectivity index (χ1) is 8.78. The van der Waals surface area contributed by atoms with Crippen LogP contribution < -0.4 is 10.5 Å². The fraction of sp³-hybridized carbons (Fsp3) is 0.600. The van der Waals surface area contributed by atoms with Gasteiger partial charge in [0.05, 0.1) is 0 Å². The molecule has 108 valence electrons. The molecule has 1 atom stereocenters. The van der Waals surface area contributed by atoms with Crippen molar-refractivity contribution in [3.05, 3.63) is 29.8 Å². The summed E-state index contributed by atoms with van der Waals surface area (Å²) >= 11 is 0. The normalized spacial score (nSPS) is 19.8. The summed E-state index contributed by atoms with van der Waals surface area (Å²) in [6.07, 6.45) is 2.55. The number of nitrogens with zero attached hydrogens (tertiary/aromatic N) is 1. The van der Waals surface area contributed by atoms with E-state index in [-0.39, 0.29) is 12.4 Å². The molecule has 1 saturated heterocycles. The Morgan fingerprint density at radius 3 is 3.00 bits per heavy atom. The van der Waals surface area contributed by atoms with Crippen molar-refractivity contribution >= 4 is 12.4 Å². The van der Waals surface area contributed by atoms with Gasteiger partial charge in [0.25, 0.3) is 0 Å². The Balaban J connectivity index is 0.00000180. The van der Waals surface area contributed by atoms with Crippen molar-refractivity contribution in [1.29, 1.82) is 0 Å². The lowest BCUT2D eigenvalue weighted by atomic mass is 9.98. The fourth-order valence-electron chi connectivity index (χ4n) is 2.54. The number of hydrogen-bond donors (Lipinski definition) is 1. The van der Waals surface area contributed by atoms with Crippen molar-refractivity contribution in [3.8, 4) is 5.75 Å². The van der Waals surface area contributed by atoms with Crippen molar-refractivity contribution in [2.24, 2.45) is 11.7 Å². The number of ether oxygens (including phenoxy) is 1. The Kier molecular flexibility index (Phi) is 7.21. The molecule has 0 aliphatic carbocycles. The van der Waals surface area contributed by atoms with E-state index in [1.54, 1.807) is 0 Å². The highest BCUT2D eigenvalue weighted by atomic mass is 35.5. The van der Waals surface area contributed by atoms with Crippen LogP contribution >= 0.6 is 12.4 Å². The summed E-state index contributed by atoms with van der Waals surface area (Å²) in [5.74, 6) is 1.65. The van der Waals surface area contributed by atoms with Crippen LogP contribution in [0.5, 0.6) is 5.75 Å². The van der Waals surface area contributed by atoms with Crippen molar-refractivity contribution in [2.45, 2.75) is 19.8 Å². The summed E-state index contributed by atoms with van der Waals surface area (Å²) in [5.41, 5.74) is 6.99. The lowest BCUT2D eigenvalue weighted by molar-refractivity contribution is 0.149. The quantitative estimate of drug-likeness (QED) is 0.903. The zero-order valence-electron chi connectivity index (χ0n) is 11.7. The Morgan fingerprint density at radius 1 is 1.42 bits per heavy atom. The van der Waals surface area contributed by atoms with Crippen LogP contribution in [0.4, 0.5) is 0 Å². The van der Waals surface area contributed by atoms with Gasteiger partial charge in [-0.15, -0.1) is 12.4 Å². The third-order valence-electron chi connectivity index (χ3n) is 3.60. The largest absolute Gasteiger partial charge is 0.492 e. The molecule has 1 aromatic carbocycles. The van der Waals surface area contributed by atoms with E-state index in [1.165, 1.54) is 24.9 Å². The fourth-order valence-corrected chi connectivity index (χ4v) is 2.54. The minimum Gasteiger partial charge on any atom is -0.492 e. The van der Waals surface area contributed by atoms with Gasteiger partial charge in [0.2, 0.25) is 0 Å². The van der Waals surface area contributed by atoms with Gasteiger partial charge in [-0.25, -0.2) is 0 Å². The van der Waals surface area contributed by atoms with Crippen molar-refractivity contribution in [2.75, 3.05) is 32.8 Å². The minimum absolute atomic E-state index is 0. The smallest absolute Gasteiger partial charge is 0.119 e. The lowest BCUT2D eigenvalue weighted by Gasteiger charge is -2.31. The third-order valence-corrected chi connectivity index (χ3v) is 3.60. The number of piperidine rings is 1. The van der Waals surface area contributed by atoms with Crippen molar-refractivity contribution in [3.63, 3.8) is 0 Å². The summed E-state index contributed by atoms with van der Waals surface area (Å²) in [5, 5.41) is 0. The molecule has 1 aliphatic rings.